The Morgan fingerprint density at radius 1 is 1.10 bits per heavy atom. The minimum atomic E-state index is -0.633. The van der Waals surface area contributed by atoms with Crippen molar-refractivity contribution in [1.29, 1.82) is 0 Å². The molecular formula is C16H10F2N2. The molecule has 0 unspecified atom stereocenters. The molecule has 4 heteroatoms. The van der Waals surface area contributed by atoms with Gasteiger partial charge < -0.3 is 0 Å². The number of nitrogens with zero attached hydrogens (tertiary/aromatic N) is 2. The number of benzene rings is 2. The smallest absolute Gasteiger partial charge is 0.134 e. The first-order chi connectivity index (χ1) is 9.70. The van der Waals surface area contributed by atoms with E-state index < -0.39 is 11.6 Å². The summed E-state index contributed by atoms with van der Waals surface area (Å²) in [5, 5.41) is 0.733. The molecule has 0 amide bonds. The minimum Gasteiger partial charge on any atom is -0.244 e. The summed E-state index contributed by atoms with van der Waals surface area (Å²) < 4.78 is 28.4. The Morgan fingerprint density at radius 2 is 1.85 bits per heavy atom. The van der Waals surface area contributed by atoms with Gasteiger partial charge in [-0.3, -0.25) is 0 Å². The first-order valence-corrected chi connectivity index (χ1v) is 6.01. The minimum absolute atomic E-state index is 0.0834. The molecule has 1 aromatic heterocycles. The van der Waals surface area contributed by atoms with Crippen molar-refractivity contribution in [1.82, 2.24) is 9.97 Å². The third-order valence-corrected chi connectivity index (χ3v) is 3.10. The van der Waals surface area contributed by atoms with Crippen molar-refractivity contribution in [2.24, 2.45) is 0 Å². The Kier molecular flexibility index (Phi) is 2.99. The number of aromatic nitrogens is 2. The Hall–Kier alpha value is -2.62. The molecule has 3 aromatic rings. The second-order valence-corrected chi connectivity index (χ2v) is 4.33. The van der Waals surface area contributed by atoms with E-state index in [0.717, 1.165) is 5.39 Å². The van der Waals surface area contributed by atoms with E-state index in [1.54, 1.807) is 24.4 Å². The predicted octanol–water partition coefficient (Wildman–Crippen LogP) is 4.22. The maximum absolute atomic E-state index is 14.2. The van der Waals surface area contributed by atoms with E-state index in [9.17, 15) is 8.78 Å². The van der Waals surface area contributed by atoms with Gasteiger partial charge in [0.1, 0.15) is 18.0 Å². The summed E-state index contributed by atoms with van der Waals surface area (Å²) in [6.07, 6.45) is 4.38. The van der Waals surface area contributed by atoms with Crippen molar-refractivity contribution in [2.45, 2.75) is 0 Å². The first-order valence-electron chi connectivity index (χ1n) is 6.01. The summed E-state index contributed by atoms with van der Waals surface area (Å²) in [6.45, 7) is 3.51. The molecular weight excluding hydrogens is 258 g/mol. The SMILES string of the molecule is C=Cc1cc(F)c(-c2cccc3cncnc23)c(F)c1. The quantitative estimate of drug-likeness (QED) is 0.695. The van der Waals surface area contributed by atoms with Crippen molar-refractivity contribution >= 4 is 17.0 Å². The van der Waals surface area contributed by atoms with Crippen LogP contribution in [-0.2, 0) is 0 Å². The van der Waals surface area contributed by atoms with Gasteiger partial charge >= 0.3 is 0 Å². The standard InChI is InChI=1S/C16H10F2N2/c1-2-10-6-13(17)15(14(18)7-10)12-5-3-4-11-8-19-9-20-16(11)12/h2-9H,1H2. The van der Waals surface area contributed by atoms with Gasteiger partial charge in [0, 0.05) is 17.1 Å². The van der Waals surface area contributed by atoms with Crippen LogP contribution in [0.5, 0.6) is 0 Å². The Labute approximate surface area is 114 Å². The first kappa shape index (κ1) is 12.4. The molecule has 98 valence electrons. The number of rotatable bonds is 2. The van der Waals surface area contributed by atoms with Gasteiger partial charge in [0.05, 0.1) is 11.1 Å². The van der Waals surface area contributed by atoms with Gasteiger partial charge in [-0.05, 0) is 17.7 Å². The highest BCUT2D eigenvalue weighted by Crippen LogP contribution is 2.31. The third-order valence-electron chi connectivity index (χ3n) is 3.10. The highest BCUT2D eigenvalue weighted by Gasteiger charge is 2.15. The average molecular weight is 268 g/mol. The summed E-state index contributed by atoms with van der Waals surface area (Å²) >= 11 is 0. The fourth-order valence-electron chi connectivity index (χ4n) is 2.18. The fourth-order valence-corrected chi connectivity index (χ4v) is 2.18. The second-order valence-electron chi connectivity index (χ2n) is 4.33. The van der Waals surface area contributed by atoms with Crippen LogP contribution in [0.4, 0.5) is 8.78 Å². The molecule has 0 atom stereocenters. The molecule has 20 heavy (non-hydrogen) atoms. The van der Waals surface area contributed by atoms with E-state index >= 15 is 0 Å². The second kappa shape index (κ2) is 4.81. The number of hydrogen-bond acceptors (Lipinski definition) is 2. The average Bonchev–Trinajstić information content (AvgIpc) is 2.46. The van der Waals surface area contributed by atoms with Crippen LogP contribution in [0.25, 0.3) is 28.1 Å². The molecule has 0 radical (unpaired) electrons. The zero-order chi connectivity index (χ0) is 14.1. The van der Waals surface area contributed by atoms with Crippen LogP contribution in [0.3, 0.4) is 0 Å². The van der Waals surface area contributed by atoms with E-state index in [1.807, 2.05) is 0 Å². The van der Waals surface area contributed by atoms with Crippen LogP contribution < -0.4 is 0 Å². The molecule has 0 aliphatic heterocycles. The van der Waals surface area contributed by atoms with Crippen molar-refractivity contribution in [3.05, 3.63) is 66.6 Å². The van der Waals surface area contributed by atoms with E-state index in [4.69, 9.17) is 0 Å². The van der Waals surface area contributed by atoms with Gasteiger partial charge in [0.2, 0.25) is 0 Å². The fraction of sp³-hybridized carbons (Fsp3) is 0. The summed E-state index contributed by atoms with van der Waals surface area (Å²) in [5.74, 6) is -1.27. The normalized spacial score (nSPS) is 10.7. The molecule has 0 N–H and O–H groups in total. The van der Waals surface area contributed by atoms with Gasteiger partial charge in [-0.25, -0.2) is 18.7 Å². The van der Waals surface area contributed by atoms with E-state index in [2.05, 4.69) is 16.5 Å². The molecule has 2 aromatic carbocycles. The molecule has 3 rings (SSSR count). The lowest BCUT2D eigenvalue weighted by Gasteiger charge is -2.09. The molecule has 0 aliphatic rings. The summed E-state index contributed by atoms with van der Waals surface area (Å²) in [6, 6.07) is 7.68. The molecule has 0 fully saturated rings. The highest BCUT2D eigenvalue weighted by atomic mass is 19.1. The zero-order valence-electron chi connectivity index (χ0n) is 10.5. The monoisotopic (exact) mass is 268 g/mol. The molecule has 0 saturated heterocycles. The molecule has 2 nitrogen and oxygen atoms in total. The molecule has 1 heterocycles. The molecule has 0 aliphatic carbocycles. The number of halogens is 2. The molecule has 0 spiro atoms. The number of para-hydroxylation sites is 1. The van der Waals surface area contributed by atoms with Crippen molar-refractivity contribution < 1.29 is 8.78 Å². The predicted molar refractivity (Wildman–Crippen MR) is 75.0 cm³/mol. The van der Waals surface area contributed by atoms with Gasteiger partial charge in [0.25, 0.3) is 0 Å². The summed E-state index contributed by atoms with van der Waals surface area (Å²) in [4.78, 5) is 8.03. The Bertz CT molecular complexity index is 784. The van der Waals surface area contributed by atoms with E-state index in [-0.39, 0.29) is 5.56 Å². The number of fused-ring (bicyclic) bond motifs is 1. The van der Waals surface area contributed by atoms with Crippen LogP contribution in [0.15, 0.2) is 49.4 Å². The lowest BCUT2D eigenvalue weighted by molar-refractivity contribution is 0.589. The van der Waals surface area contributed by atoms with Crippen LogP contribution in [0.2, 0.25) is 0 Å². The van der Waals surface area contributed by atoms with E-state index in [1.165, 1.54) is 24.5 Å². The van der Waals surface area contributed by atoms with Gasteiger partial charge in [-0.15, -0.1) is 0 Å². The molecule has 0 saturated carbocycles. The Morgan fingerprint density at radius 3 is 2.55 bits per heavy atom. The largest absolute Gasteiger partial charge is 0.244 e. The third kappa shape index (κ3) is 1.95. The number of hydrogen-bond donors (Lipinski definition) is 0. The van der Waals surface area contributed by atoms with Crippen molar-refractivity contribution in [3.8, 4) is 11.1 Å². The topological polar surface area (TPSA) is 25.8 Å². The Balaban J connectivity index is 2.34. The summed E-state index contributed by atoms with van der Waals surface area (Å²) in [7, 11) is 0. The maximum atomic E-state index is 14.2. The van der Waals surface area contributed by atoms with Crippen LogP contribution in [-0.4, -0.2) is 9.97 Å². The zero-order valence-corrected chi connectivity index (χ0v) is 10.5. The van der Waals surface area contributed by atoms with Gasteiger partial charge in [-0.2, -0.15) is 0 Å². The summed E-state index contributed by atoms with van der Waals surface area (Å²) in [5.41, 5.74) is 1.25. The van der Waals surface area contributed by atoms with E-state index in [0.29, 0.717) is 16.6 Å². The van der Waals surface area contributed by atoms with Crippen LogP contribution >= 0.6 is 0 Å². The lowest BCUT2D eigenvalue weighted by Crippen LogP contribution is -1.94. The highest BCUT2D eigenvalue weighted by molar-refractivity contribution is 5.93. The van der Waals surface area contributed by atoms with Gasteiger partial charge in [-0.1, -0.05) is 30.9 Å². The van der Waals surface area contributed by atoms with Crippen LogP contribution in [0.1, 0.15) is 5.56 Å². The van der Waals surface area contributed by atoms with Crippen molar-refractivity contribution in [2.75, 3.05) is 0 Å². The molecule has 0 bridgehead atoms. The van der Waals surface area contributed by atoms with Crippen LogP contribution in [0, 0.1) is 11.6 Å². The van der Waals surface area contributed by atoms with Gasteiger partial charge in [0.15, 0.2) is 0 Å². The van der Waals surface area contributed by atoms with Crippen molar-refractivity contribution in [3.63, 3.8) is 0 Å². The lowest BCUT2D eigenvalue weighted by atomic mass is 10.00. The maximum Gasteiger partial charge on any atom is 0.134 e.